The fourth-order valence-corrected chi connectivity index (χ4v) is 2.09. The summed E-state index contributed by atoms with van der Waals surface area (Å²) in [6, 6.07) is 10.5. The molecule has 0 amide bonds. The highest BCUT2D eigenvalue weighted by Crippen LogP contribution is 2.07. The Hall–Kier alpha value is -0.900. The second kappa shape index (κ2) is 10.1. The molecule has 18 heavy (non-hydrogen) atoms. The van der Waals surface area contributed by atoms with Crippen LogP contribution in [0.15, 0.2) is 30.3 Å². The summed E-state index contributed by atoms with van der Waals surface area (Å²) >= 11 is 0. The predicted molar refractivity (Wildman–Crippen MR) is 76.3 cm³/mol. The Morgan fingerprint density at radius 3 is 2.33 bits per heavy atom. The molecule has 0 heterocycles. The van der Waals surface area contributed by atoms with Gasteiger partial charge in [0.1, 0.15) is 0 Å². The molecule has 3 nitrogen and oxygen atoms in total. The molecule has 0 aliphatic heterocycles. The highest BCUT2D eigenvalue weighted by molar-refractivity contribution is 5.14. The van der Waals surface area contributed by atoms with Gasteiger partial charge in [0, 0.05) is 26.2 Å². The molecule has 1 rings (SSSR count). The standard InChI is InChI=1S/C15H26N2O/c16-10-12-17(11-6-1-2-7-13-18)14-15-8-4-3-5-9-15/h3-5,8-9,18H,1-2,6-7,10-14,16H2. The van der Waals surface area contributed by atoms with Gasteiger partial charge in [-0.1, -0.05) is 43.2 Å². The van der Waals surface area contributed by atoms with Crippen molar-refractivity contribution in [3.63, 3.8) is 0 Å². The second-order valence-corrected chi connectivity index (χ2v) is 4.69. The topological polar surface area (TPSA) is 49.5 Å². The summed E-state index contributed by atoms with van der Waals surface area (Å²) in [6.07, 6.45) is 4.43. The molecule has 3 heteroatoms. The van der Waals surface area contributed by atoms with Gasteiger partial charge in [-0.15, -0.1) is 0 Å². The maximum Gasteiger partial charge on any atom is 0.0431 e. The Balaban J connectivity index is 2.26. The van der Waals surface area contributed by atoms with Crippen LogP contribution < -0.4 is 5.73 Å². The lowest BCUT2D eigenvalue weighted by atomic mass is 10.1. The number of aliphatic hydroxyl groups excluding tert-OH is 1. The lowest BCUT2D eigenvalue weighted by molar-refractivity contribution is 0.258. The number of aliphatic hydroxyl groups is 1. The molecular weight excluding hydrogens is 224 g/mol. The van der Waals surface area contributed by atoms with Gasteiger partial charge in [-0.25, -0.2) is 0 Å². The third-order valence-corrected chi connectivity index (χ3v) is 3.08. The average Bonchev–Trinajstić information content (AvgIpc) is 2.40. The van der Waals surface area contributed by atoms with E-state index in [2.05, 4.69) is 29.2 Å². The summed E-state index contributed by atoms with van der Waals surface area (Å²) < 4.78 is 0. The van der Waals surface area contributed by atoms with Crippen LogP contribution in [0.1, 0.15) is 31.2 Å². The van der Waals surface area contributed by atoms with E-state index in [-0.39, 0.29) is 0 Å². The Labute approximate surface area is 111 Å². The third kappa shape index (κ3) is 6.74. The first-order valence-electron chi connectivity index (χ1n) is 6.94. The largest absolute Gasteiger partial charge is 0.396 e. The van der Waals surface area contributed by atoms with Crippen molar-refractivity contribution >= 4 is 0 Å². The molecule has 0 saturated carbocycles. The zero-order valence-corrected chi connectivity index (χ0v) is 11.2. The predicted octanol–water partition coefficient (Wildman–Crippen LogP) is 2.00. The van der Waals surface area contributed by atoms with Crippen molar-refractivity contribution in [2.45, 2.75) is 32.2 Å². The number of hydrogen-bond acceptors (Lipinski definition) is 3. The highest BCUT2D eigenvalue weighted by atomic mass is 16.2. The first-order valence-corrected chi connectivity index (χ1v) is 6.94. The zero-order chi connectivity index (χ0) is 13.1. The molecule has 0 radical (unpaired) electrons. The van der Waals surface area contributed by atoms with Crippen molar-refractivity contribution in [2.75, 3.05) is 26.2 Å². The quantitative estimate of drug-likeness (QED) is 0.624. The molecule has 102 valence electrons. The van der Waals surface area contributed by atoms with E-state index in [4.69, 9.17) is 10.8 Å². The van der Waals surface area contributed by atoms with Crippen molar-refractivity contribution in [1.82, 2.24) is 4.90 Å². The van der Waals surface area contributed by atoms with Crippen molar-refractivity contribution in [3.05, 3.63) is 35.9 Å². The van der Waals surface area contributed by atoms with Crippen molar-refractivity contribution < 1.29 is 5.11 Å². The van der Waals surface area contributed by atoms with Crippen LogP contribution in [0.4, 0.5) is 0 Å². The van der Waals surface area contributed by atoms with E-state index in [9.17, 15) is 0 Å². The monoisotopic (exact) mass is 250 g/mol. The Morgan fingerprint density at radius 1 is 0.944 bits per heavy atom. The molecule has 0 spiro atoms. The zero-order valence-electron chi connectivity index (χ0n) is 11.2. The van der Waals surface area contributed by atoms with E-state index in [1.165, 1.54) is 18.4 Å². The summed E-state index contributed by atoms with van der Waals surface area (Å²) in [4.78, 5) is 2.41. The van der Waals surface area contributed by atoms with Crippen LogP contribution in [-0.2, 0) is 6.54 Å². The molecule has 0 atom stereocenters. The minimum absolute atomic E-state index is 0.316. The molecule has 0 fully saturated rings. The van der Waals surface area contributed by atoms with Crippen molar-refractivity contribution in [1.29, 1.82) is 0 Å². The number of rotatable bonds is 10. The van der Waals surface area contributed by atoms with Crippen LogP contribution in [0, 0.1) is 0 Å². The maximum atomic E-state index is 8.73. The van der Waals surface area contributed by atoms with Crippen LogP contribution in [0.3, 0.4) is 0 Å². The van der Waals surface area contributed by atoms with E-state index in [1.54, 1.807) is 0 Å². The van der Waals surface area contributed by atoms with E-state index >= 15 is 0 Å². The number of nitrogens with zero attached hydrogens (tertiary/aromatic N) is 1. The van der Waals surface area contributed by atoms with Gasteiger partial charge < -0.3 is 10.8 Å². The number of benzene rings is 1. The average molecular weight is 250 g/mol. The maximum absolute atomic E-state index is 8.73. The van der Waals surface area contributed by atoms with Gasteiger partial charge in [0.15, 0.2) is 0 Å². The summed E-state index contributed by atoms with van der Waals surface area (Å²) in [5.41, 5.74) is 7.01. The normalized spacial score (nSPS) is 11.1. The van der Waals surface area contributed by atoms with Gasteiger partial charge in [0.05, 0.1) is 0 Å². The smallest absolute Gasteiger partial charge is 0.0431 e. The molecule has 1 aromatic carbocycles. The van der Waals surface area contributed by atoms with Crippen LogP contribution in [-0.4, -0.2) is 36.2 Å². The summed E-state index contributed by atoms with van der Waals surface area (Å²) in [6.45, 7) is 4.06. The second-order valence-electron chi connectivity index (χ2n) is 4.69. The molecular formula is C15H26N2O. The Morgan fingerprint density at radius 2 is 1.67 bits per heavy atom. The number of hydrogen-bond donors (Lipinski definition) is 2. The van der Waals surface area contributed by atoms with Crippen LogP contribution >= 0.6 is 0 Å². The third-order valence-electron chi connectivity index (χ3n) is 3.08. The van der Waals surface area contributed by atoms with E-state index in [0.717, 1.165) is 32.5 Å². The number of unbranched alkanes of at least 4 members (excludes halogenated alkanes) is 3. The summed E-state index contributed by atoms with van der Waals surface area (Å²) in [5.74, 6) is 0. The van der Waals surface area contributed by atoms with Gasteiger partial charge in [0.25, 0.3) is 0 Å². The first-order chi connectivity index (χ1) is 8.86. The molecule has 0 saturated heterocycles. The van der Waals surface area contributed by atoms with Crippen LogP contribution in [0.25, 0.3) is 0 Å². The fourth-order valence-electron chi connectivity index (χ4n) is 2.09. The Bertz CT molecular complexity index is 290. The molecule has 1 aromatic rings. The Kier molecular flexibility index (Phi) is 8.47. The van der Waals surface area contributed by atoms with Gasteiger partial charge in [-0.2, -0.15) is 0 Å². The minimum atomic E-state index is 0.316. The van der Waals surface area contributed by atoms with Gasteiger partial charge in [0.2, 0.25) is 0 Å². The molecule has 0 unspecified atom stereocenters. The molecule has 3 N–H and O–H groups in total. The SMILES string of the molecule is NCCN(CCCCCCO)Cc1ccccc1. The number of nitrogens with two attached hydrogens (primary N) is 1. The van der Waals surface area contributed by atoms with Gasteiger partial charge in [-0.05, 0) is 24.9 Å². The highest BCUT2D eigenvalue weighted by Gasteiger charge is 2.04. The van der Waals surface area contributed by atoms with Crippen molar-refractivity contribution in [3.8, 4) is 0 Å². The molecule has 0 aliphatic carbocycles. The minimum Gasteiger partial charge on any atom is -0.396 e. The van der Waals surface area contributed by atoms with Gasteiger partial charge in [-0.3, -0.25) is 4.90 Å². The van der Waals surface area contributed by atoms with Gasteiger partial charge >= 0.3 is 0 Å². The van der Waals surface area contributed by atoms with E-state index < -0.39 is 0 Å². The fraction of sp³-hybridized carbons (Fsp3) is 0.600. The van der Waals surface area contributed by atoms with Crippen LogP contribution in [0.5, 0.6) is 0 Å². The van der Waals surface area contributed by atoms with E-state index in [0.29, 0.717) is 13.2 Å². The first kappa shape index (κ1) is 15.2. The lowest BCUT2D eigenvalue weighted by Crippen LogP contribution is -2.30. The van der Waals surface area contributed by atoms with Crippen LogP contribution in [0.2, 0.25) is 0 Å². The summed E-state index contributed by atoms with van der Waals surface area (Å²) in [7, 11) is 0. The molecule has 0 aromatic heterocycles. The molecule has 0 aliphatic rings. The molecule has 0 bridgehead atoms. The van der Waals surface area contributed by atoms with E-state index in [1.807, 2.05) is 6.07 Å². The lowest BCUT2D eigenvalue weighted by Gasteiger charge is -2.21. The van der Waals surface area contributed by atoms with Crippen molar-refractivity contribution in [2.24, 2.45) is 5.73 Å². The summed E-state index contributed by atoms with van der Waals surface area (Å²) in [5, 5.41) is 8.73.